The van der Waals surface area contributed by atoms with E-state index >= 15 is 0 Å². The summed E-state index contributed by atoms with van der Waals surface area (Å²) in [6, 6.07) is 31.1. The largest absolute Gasteiger partial charge is 0.457 e. The lowest BCUT2D eigenvalue weighted by molar-refractivity contribution is 0.0951. The summed E-state index contributed by atoms with van der Waals surface area (Å²) >= 11 is 0. The number of benzene rings is 4. The standard InChI is InChI=1S/C24H19NO2/c26-24(21-13-12-19-6-4-5-7-20(19)16-21)25-17-18-10-14-23(15-11-18)27-22-8-2-1-3-9-22/h1-16H,17H2,(H,25,26). The van der Waals surface area contributed by atoms with Gasteiger partial charge >= 0.3 is 0 Å². The van der Waals surface area contributed by atoms with E-state index in [1.807, 2.05) is 97.1 Å². The molecule has 1 amide bonds. The van der Waals surface area contributed by atoms with Gasteiger partial charge < -0.3 is 10.1 Å². The van der Waals surface area contributed by atoms with Crippen LogP contribution >= 0.6 is 0 Å². The van der Waals surface area contributed by atoms with E-state index < -0.39 is 0 Å². The number of ether oxygens (including phenoxy) is 1. The topological polar surface area (TPSA) is 38.3 Å². The third-order valence-electron chi connectivity index (χ3n) is 4.37. The molecular formula is C24H19NO2. The second kappa shape index (κ2) is 7.75. The molecule has 0 heterocycles. The number of rotatable bonds is 5. The molecule has 4 rings (SSSR count). The Balaban J connectivity index is 1.38. The van der Waals surface area contributed by atoms with Gasteiger partial charge in [-0.05, 0) is 52.7 Å². The van der Waals surface area contributed by atoms with Crippen molar-refractivity contribution in [3.8, 4) is 11.5 Å². The molecule has 0 atom stereocenters. The van der Waals surface area contributed by atoms with E-state index in [1.165, 1.54) is 0 Å². The molecule has 0 spiro atoms. The predicted molar refractivity (Wildman–Crippen MR) is 108 cm³/mol. The first-order chi connectivity index (χ1) is 13.3. The fourth-order valence-electron chi connectivity index (χ4n) is 2.91. The molecule has 0 bridgehead atoms. The molecule has 0 aliphatic heterocycles. The van der Waals surface area contributed by atoms with Crippen molar-refractivity contribution in [2.24, 2.45) is 0 Å². The molecule has 0 radical (unpaired) electrons. The van der Waals surface area contributed by atoms with Crippen molar-refractivity contribution in [2.75, 3.05) is 0 Å². The zero-order valence-corrected chi connectivity index (χ0v) is 14.8. The molecule has 0 saturated carbocycles. The molecule has 0 aliphatic rings. The van der Waals surface area contributed by atoms with E-state index in [9.17, 15) is 4.79 Å². The summed E-state index contributed by atoms with van der Waals surface area (Å²) in [5.74, 6) is 1.49. The highest BCUT2D eigenvalue weighted by atomic mass is 16.5. The molecule has 0 saturated heterocycles. The van der Waals surface area contributed by atoms with Crippen molar-refractivity contribution in [1.82, 2.24) is 5.32 Å². The van der Waals surface area contributed by atoms with Crippen LogP contribution in [0, 0.1) is 0 Å². The SMILES string of the molecule is O=C(NCc1ccc(Oc2ccccc2)cc1)c1ccc2ccccc2c1. The highest BCUT2D eigenvalue weighted by Crippen LogP contribution is 2.21. The van der Waals surface area contributed by atoms with Crippen LogP contribution < -0.4 is 10.1 Å². The second-order valence-electron chi connectivity index (χ2n) is 6.30. The van der Waals surface area contributed by atoms with Crippen LogP contribution in [0.4, 0.5) is 0 Å². The van der Waals surface area contributed by atoms with Crippen molar-refractivity contribution >= 4 is 16.7 Å². The number of hydrogen-bond acceptors (Lipinski definition) is 2. The molecule has 3 nitrogen and oxygen atoms in total. The lowest BCUT2D eigenvalue weighted by Crippen LogP contribution is -2.22. The molecule has 4 aromatic rings. The molecule has 1 N–H and O–H groups in total. The molecule has 0 aliphatic carbocycles. The summed E-state index contributed by atoms with van der Waals surface area (Å²) in [5, 5.41) is 5.16. The van der Waals surface area contributed by atoms with Gasteiger partial charge in [0, 0.05) is 12.1 Å². The van der Waals surface area contributed by atoms with Crippen LogP contribution in [0.3, 0.4) is 0 Å². The van der Waals surface area contributed by atoms with Crippen molar-refractivity contribution in [3.05, 3.63) is 108 Å². The Hall–Kier alpha value is -3.59. The minimum atomic E-state index is -0.0784. The summed E-state index contributed by atoms with van der Waals surface area (Å²) in [4.78, 5) is 12.4. The average Bonchev–Trinajstić information content (AvgIpc) is 2.73. The Morgan fingerprint density at radius 3 is 2.15 bits per heavy atom. The number of carbonyl (C=O) groups is 1. The van der Waals surface area contributed by atoms with Crippen molar-refractivity contribution in [1.29, 1.82) is 0 Å². The first-order valence-electron chi connectivity index (χ1n) is 8.87. The van der Waals surface area contributed by atoms with Gasteiger partial charge in [-0.2, -0.15) is 0 Å². The van der Waals surface area contributed by atoms with Gasteiger partial charge in [-0.15, -0.1) is 0 Å². The van der Waals surface area contributed by atoms with E-state index in [4.69, 9.17) is 4.74 Å². The maximum Gasteiger partial charge on any atom is 0.251 e. The number of hydrogen-bond donors (Lipinski definition) is 1. The maximum absolute atomic E-state index is 12.4. The van der Waals surface area contributed by atoms with E-state index in [1.54, 1.807) is 0 Å². The van der Waals surface area contributed by atoms with Gasteiger partial charge in [0.25, 0.3) is 5.91 Å². The Kier molecular flexibility index (Phi) is 4.84. The highest BCUT2D eigenvalue weighted by Gasteiger charge is 2.06. The lowest BCUT2D eigenvalue weighted by atomic mass is 10.1. The normalized spacial score (nSPS) is 10.5. The molecule has 3 heteroatoms. The summed E-state index contributed by atoms with van der Waals surface area (Å²) < 4.78 is 5.78. The molecular weight excluding hydrogens is 334 g/mol. The van der Waals surface area contributed by atoms with E-state index in [2.05, 4.69) is 5.32 Å². The van der Waals surface area contributed by atoms with Crippen LogP contribution in [-0.4, -0.2) is 5.91 Å². The fourth-order valence-corrected chi connectivity index (χ4v) is 2.91. The number of para-hydroxylation sites is 1. The summed E-state index contributed by atoms with van der Waals surface area (Å²) in [6.45, 7) is 0.470. The molecule has 0 unspecified atom stereocenters. The Bertz CT molecular complexity index is 1060. The third-order valence-corrected chi connectivity index (χ3v) is 4.37. The zero-order valence-electron chi connectivity index (χ0n) is 14.8. The van der Waals surface area contributed by atoms with Crippen molar-refractivity contribution < 1.29 is 9.53 Å². The van der Waals surface area contributed by atoms with Crippen LogP contribution in [-0.2, 0) is 6.54 Å². The van der Waals surface area contributed by atoms with E-state index in [0.717, 1.165) is 27.8 Å². The van der Waals surface area contributed by atoms with Gasteiger partial charge in [0.15, 0.2) is 0 Å². The molecule has 0 aromatic heterocycles. The minimum Gasteiger partial charge on any atom is -0.457 e. The van der Waals surface area contributed by atoms with Crippen LogP contribution in [0.25, 0.3) is 10.8 Å². The first-order valence-corrected chi connectivity index (χ1v) is 8.87. The number of amides is 1. The zero-order chi connectivity index (χ0) is 18.5. The van der Waals surface area contributed by atoms with Gasteiger partial charge in [0.2, 0.25) is 0 Å². The van der Waals surface area contributed by atoms with Crippen LogP contribution in [0.15, 0.2) is 97.1 Å². The molecule has 4 aromatic carbocycles. The maximum atomic E-state index is 12.4. The molecule has 132 valence electrons. The van der Waals surface area contributed by atoms with Crippen molar-refractivity contribution in [3.63, 3.8) is 0 Å². The highest BCUT2D eigenvalue weighted by molar-refractivity contribution is 5.98. The summed E-state index contributed by atoms with van der Waals surface area (Å²) in [6.07, 6.45) is 0. The smallest absolute Gasteiger partial charge is 0.251 e. The Labute approximate surface area is 158 Å². The first kappa shape index (κ1) is 16.9. The van der Waals surface area contributed by atoms with Crippen LogP contribution in [0.2, 0.25) is 0 Å². The van der Waals surface area contributed by atoms with Crippen molar-refractivity contribution in [2.45, 2.75) is 6.54 Å². The van der Waals surface area contributed by atoms with Gasteiger partial charge in [0.05, 0.1) is 0 Å². The van der Waals surface area contributed by atoms with Gasteiger partial charge in [0.1, 0.15) is 11.5 Å². The van der Waals surface area contributed by atoms with Crippen LogP contribution in [0.1, 0.15) is 15.9 Å². The number of fused-ring (bicyclic) bond motifs is 1. The molecule has 0 fully saturated rings. The van der Waals surface area contributed by atoms with Gasteiger partial charge in [-0.1, -0.05) is 60.7 Å². The number of nitrogens with one attached hydrogen (secondary N) is 1. The Morgan fingerprint density at radius 2 is 1.37 bits per heavy atom. The quantitative estimate of drug-likeness (QED) is 0.510. The minimum absolute atomic E-state index is 0.0784. The predicted octanol–water partition coefficient (Wildman–Crippen LogP) is 5.56. The van der Waals surface area contributed by atoms with E-state index in [-0.39, 0.29) is 5.91 Å². The van der Waals surface area contributed by atoms with Gasteiger partial charge in [-0.3, -0.25) is 4.79 Å². The summed E-state index contributed by atoms with van der Waals surface area (Å²) in [5.41, 5.74) is 1.68. The van der Waals surface area contributed by atoms with Crippen LogP contribution in [0.5, 0.6) is 11.5 Å². The second-order valence-corrected chi connectivity index (χ2v) is 6.30. The third kappa shape index (κ3) is 4.15. The van der Waals surface area contributed by atoms with E-state index in [0.29, 0.717) is 12.1 Å². The lowest BCUT2D eigenvalue weighted by Gasteiger charge is -2.08. The number of carbonyl (C=O) groups excluding carboxylic acids is 1. The molecule has 27 heavy (non-hydrogen) atoms. The van der Waals surface area contributed by atoms with Gasteiger partial charge in [-0.25, -0.2) is 0 Å². The fraction of sp³-hybridized carbons (Fsp3) is 0.0417. The monoisotopic (exact) mass is 353 g/mol. The average molecular weight is 353 g/mol. The Morgan fingerprint density at radius 1 is 0.704 bits per heavy atom. The summed E-state index contributed by atoms with van der Waals surface area (Å²) in [7, 11) is 0.